The summed E-state index contributed by atoms with van der Waals surface area (Å²) in [6, 6.07) is 20.1. The minimum atomic E-state index is -0.560. The van der Waals surface area contributed by atoms with Crippen LogP contribution < -0.4 is 0 Å². The van der Waals surface area contributed by atoms with Gasteiger partial charge in [0.2, 0.25) is 0 Å². The van der Waals surface area contributed by atoms with Crippen LogP contribution in [0.1, 0.15) is 43.4 Å². The molecular formula is C27H25Cl2NO2. The number of aryl methyl sites for hydroxylation is 2. The molecule has 164 valence electrons. The van der Waals surface area contributed by atoms with Crippen molar-refractivity contribution in [3.8, 4) is 0 Å². The van der Waals surface area contributed by atoms with E-state index in [1.807, 2.05) is 75.5 Å². The highest BCUT2D eigenvalue weighted by atomic mass is 35.5. The molecule has 3 nitrogen and oxygen atoms in total. The summed E-state index contributed by atoms with van der Waals surface area (Å²) in [7, 11) is 1.94. The predicted octanol–water partition coefficient (Wildman–Crippen LogP) is 6.59. The van der Waals surface area contributed by atoms with E-state index in [0.29, 0.717) is 27.7 Å². The molecule has 0 aliphatic carbocycles. The Labute approximate surface area is 199 Å². The van der Waals surface area contributed by atoms with Crippen LogP contribution in [0.25, 0.3) is 0 Å². The van der Waals surface area contributed by atoms with E-state index in [9.17, 15) is 9.59 Å². The molecule has 0 spiro atoms. The summed E-state index contributed by atoms with van der Waals surface area (Å²) in [5, 5.41) is 1.03. The fourth-order valence-corrected chi connectivity index (χ4v) is 5.14. The zero-order chi connectivity index (χ0) is 23.0. The van der Waals surface area contributed by atoms with E-state index < -0.39 is 11.8 Å². The summed E-state index contributed by atoms with van der Waals surface area (Å²) in [5.74, 6) is -1.10. The van der Waals surface area contributed by atoms with Crippen LogP contribution in [-0.2, 0) is 0 Å². The molecule has 0 saturated carbocycles. The van der Waals surface area contributed by atoms with Gasteiger partial charge in [-0.1, -0.05) is 88.9 Å². The quantitative estimate of drug-likeness (QED) is 0.398. The van der Waals surface area contributed by atoms with Crippen LogP contribution in [0.5, 0.6) is 0 Å². The molecule has 3 aromatic rings. The van der Waals surface area contributed by atoms with E-state index in [-0.39, 0.29) is 17.6 Å². The summed E-state index contributed by atoms with van der Waals surface area (Å²) in [5.41, 5.74) is 4.20. The summed E-state index contributed by atoms with van der Waals surface area (Å²) in [6.45, 7) is 4.44. The van der Waals surface area contributed by atoms with E-state index >= 15 is 0 Å². The van der Waals surface area contributed by atoms with Gasteiger partial charge in [0.15, 0.2) is 11.6 Å². The second-order valence-corrected chi connectivity index (χ2v) is 9.49. The molecule has 1 heterocycles. The average molecular weight is 466 g/mol. The van der Waals surface area contributed by atoms with Crippen molar-refractivity contribution in [2.75, 3.05) is 13.6 Å². The highest BCUT2D eigenvalue weighted by molar-refractivity contribution is 6.35. The second kappa shape index (κ2) is 9.19. The smallest absolute Gasteiger partial charge is 0.168 e. The SMILES string of the molecule is Cc1ccc(C(=O)[C@@H]2[C@@H](C(=O)c3ccc(C)cc3)CN(C)[C@H]2c2ccc(Cl)cc2Cl)cc1. The molecule has 1 aliphatic rings. The van der Waals surface area contributed by atoms with Gasteiger partial charge in [-0.25, -0.2) is 0 Å². The highest BCUT2D eigenvalue weighted by Crippen LogP contribution is 2.45. The molecule has 1 fully saturated rings. The first-order chi connectivity index (χ1) is 15.3. The van der Waals surface area contributed by atoms with Crippen molar-refractivity contribution in [1.82, 2.24) is 4.90 Å². The average Bonchev–Trinajstić information content (AvgIpc) is 3.10. The topological polar surface area (TPSA) is 37.4 Å². The Hall–Kier alpha value is -2.46. The Bertz CT molecular complexity index is 1160. The van der Waals surface area contributed by atoms with Gasteiger partial charge < -0.3 is 0 Å². The third kappa shape index (κ3) is 4.38. The molecule has 0 aromatic heterocycles. The molecule has 0 amide bonds. The van der Waals surface area contributed by atoms with E-state index in [0.717, 1.165) is 16.7 Å². The van der Waals surface area contributed by atoms with Gasteiger partial charge >= 0.3 is 0 Å². The molecule has 3 atom stereocenters. The van der Waals surface area contributed by atoms with E-state index in [1.165, 1.54) is 0 Å². The van der Waals surface area contributed by atoms with Crippen molar-refractivity contribution in [2.24, 2.45) is 11.8 Å². The summed E-state index contributed by atoms with van der Waals surface area (Å²) in [4.78, 5) is 29.5. The van der Waals surface area contributed by atoms with Gasteiger partial charge in [-0.05, 0) is 38.6 Å². The van der Waals surface area contributed by atoms with E-state index in [1.54, 1.807) is 12.1 Å². The van der Waals surface area contributed by atoms with Crippen LogP contribution >= 0.6 is 23.2 Å². The van der Waals surface area contributed by atoms with Crippen LogP contribution in [0.4, 0.5) is 0 Å². The normalized spacial score (nSPS) is 21.0. The lowest BCUT2D eigenvalue weighted by molar-refractivity contribution is 0.0785. The molecule has 1 aliphatic heterocycles. The first-order valence-electron chi connectivity index (χ1n) is 10.6. The molecule has 0 bridgehead atoms. The number of hydrogen-bond acceptors (Lipinski definition) is 3. The van der Waals surface area contributed by atoms with Crippen molar-refractivity contribution >= 4 is 34.8 Å². The van der Waals surface area contributed by atoms with Crippen LogP contribution in [0.15, 0.2) is 66.7 Å². The molecule has 3 aromatic carbocycles. The van der Waals surface area contributed by atoms with Crippen molar-refractivity contribution in [3.63, 3.8) is 0 Å². The standard InChI is InChI=1S/C27H25Cl2NO2/c1-16-4-8-18(9-5-16)26(31)22-15-30(3)25(21-13-12-20(28)14-23(21)29)24(22)27(32)19-10-6-17(2)7-11-19/h4-14,22,24-25H,15H2,1-3H3/t22-,24+,25-/m0/s1. The third-order valence-corrected chi connectivity index (χ3v) is 6.89. The number of Topliss-reactive ketones (excluding diaryl/α,β-unsaturated/α-hetero) is 2. The zero-order valence-electron chi connectivity index (χ0n) is 18.3. The number of nitrogens with zero attached hydrogens (tertiary/aromatic N) is 1. The van der Waals surface area contributed by atoms with E-state index in [2.05, 4.69) is 4.90 Å². The Kier molecular flexibility index (Phi) is 6.52. The minimum absolute atomic E-state index is 0.0186. The highest BCUT2D eigenvalue weighted by Gasteiger charge is 2.48. The lowest BCUT2D eigenvalue weighted by Crippen LogP contribution is -2.31. The van der Waals surface area contributed by atoms with Crippen LogP contribution in [0.3, 0.4) is 0 Å². The second-order valence-electron chi connectivity index (χ2n) is 8.64. The van der Waals surface area contributed by atoms with Crippen LogP contribution in [0, 0.1) is 25.7 Å². The molecule has 5 heteroatoms. The van der Waals surface area contributed by atoms with Crippen molar-refractivity contribution < 1.29 is 9.59 Å². The number of benzene rings is 3. The molecule has 0 radical (unpaired) electrons. The summed E-state index contributed by atoms with van der Waals surface area (Å²) < 4.78 is 0. The molecule has 0 unspecified atom stereocenters. The van der Waals surface area contributed by atoms with Crippen molar-refractivity contribution in [1.29, 1.82) is 0 Å². The first kappa shape index (κ1) is 22.7. The molecule has 4 rings (SSSR count). The molecule has 32 heavy (non-hydrogen) atoms. The molecular weight excluding hydrogens is 441 g/mol. The fourth-order valence-electron chi connectivity index (χ4n) is 4.62. The molecule has 0 N–H and O–H groups in total. The van der Waals surface area contributed by atoms with Gasteiger partial charge in [-0.2, -0.15) is 0 Å². The van der Waals surface area contributed by atoms with E-state index in [4.69, 9.17) is 23.2 Å². The fraction of sp³-hybridized carbons (Fsp3) is 0.259. The van der Waals surface area contributed by atoms with Gasteiger partial charge in [0.1, 0.15) is 0 Å². The predicted molar refractivity (Wildman–Crippen MR) is 130 cm³/mol. The maximum Gasteiger partial charge on any atom is 0.168 e. The Morgan fingerprint density at radius 2 is 1.34 bits per heavy atom. The minimum Gasteiger partial charge on any atom is -0.298 e. The number of likely N-dealkylation sites (tertiary alicyclic amines) is 1. The zero-order valence-corrected chi connectivity index (χ0v) is 19.8. The van der Waals surface area contributed by atoms with Gasteiger partial charge in [0, 0.05) is 39.7 Å². The Morgan fingerprint density at radius 1 is 0.812 bits per heavy atom. The summed E-state index contributed by atoms with van der Waals surface area (Å²) in [6.07, 6.45) is 0. The van der Waals surface area contributed by atoms with Gasteiger partial charge in [-0.3, -0.25) is 14.5 Å². The Morgan fingerprint density at radius 3 is 1.88 bits per heavy atom. The number of halogens is 2. The number of carbonyl (C=O) groups excluding carboxylic acids is 2. The van der Waals surface area contributed by atoms with Gasteiger partial charge in [0.25, 0.3) is 0 Å². The molecule has 1 saturated heterocycles. The summed E-state index contributed by atoms with van der Waals surface area (Å²) >= 11 is 12.7. The lowest BCUT2D eigenvalue weighted by atomic mass is 9.78. The number of ketones is 2. The van der Waals surface area contributed by atoms with Gasteiger partial charge in [-0.15, -0.1) is 0 Å². The van der Waals surface area contributed by atoms with Crippen molar-refractivity contribution in [3.05, 3.63) is 105 Å². The maximum atomic E-state index is 13.8. The third-order valence-electron chi connectivity index (χ3n) is 6.33. The first-order valence-corrected chi connectivity index (χ1v) is 11.4. The van der Waals surface area contributed by atoms with Gasteiger partial charge in [0.05, 0.1) is 5.92 Å². The maximum absolute atomic E-state index is 13.8. The largest absolute Gasteiger partial charge is 0.298 e. The number of rotatable bonds is 5. The Balaban J connectivity index is 1.80. The van der Waals surface area contributed by atoms with Crippen molar-refractivity contribution in [2.45, 2.75) is 19.9 Å². The lowest BCUT2D eigenvalue weighted by Gasteiger charge is -2.27. The monoisotopic (exact) mass is 465 g/mol. The van der Waals surface area contributed by atoms with Crippen LogP contribution in [-0.4, -0.2) is 30.1 Å². The van der Waals surface area contributed by atoms with Crippen LogP contribution in [0.2, 0.25) is 10.0 Å². The number of carbonyl (C=O) groups is 2. The number of hydrogen-bond donors (Lipinski definition) is 0.